The maximum Gasteiger partial charge on any atom is 0.243 e. The zero-order valence-electron chi connectivity index (χ0n) is 16.1. The maximum atomic E-state index is 12.8. The molecule has 2 fully saturated rings. The molecule has 0 atom stereocenters. The third-order valence-electron chi connectivity index (χ3n) is 5.62. The first kappa shape index (κ1) is 20.1. The number of nitrogens with zero attached hydrogens (tertiary/aromatic N) is 1. The van der Waals surface area contributed by atoms with Crippen LogP contribution in [0.1, 0.15) is 51.9 Å². The highest BCUT2D eigenvalue weighted by Crippen LogP contribution is 2.24. The molecule has 1 aliphatic carbocycles. The van der Waals surface area contributed by atoms with Crippen molar-refractivity contribution in [2.45, 2.75) is 62.8 Å². The van der Waals surface area contributed by atoms with Crippen LogP contribution in [0.15, 0.2) is 29.2 Å². The fraction of sp³-hybridized carbons (Fsp3) is 0.650. The molecule has 0 aromatic heterocycles. The van der Waals surface area contributed by atoms with E-state index in [4.69, 9.17) is 0 Å². The van der Waals surface area contributed by atoms with Crippen molar-refractivity contribution in [3.8, 4) is 0 Å². The molecule has 0 unspecified atom stereocenters. The van der Waals surface area contributed by atoms with Crippen LogP contribution < -0.4 is 10.6 Å². The van der Waals surface area contributed by atoms with Crippen LogP contribution in [-0.2, 0) is 14.8 Å². The summed E-state index contributed by atoms with van der Waals surface area (Å²) in [7, 11) is -3.46. The number of hydrogen-bond acceptors (Lipinski definition) is 4. The smallest absolute Gasteiger partial charge is 0.243 e. The quantitative estimate of drug-likeness (QED) is 0.779. The minimum Gasteiger partial charge on any atom is -0.376 e. The van der Waals surface area contributed by atoms with Crippen molar-refractivity contribution in [1.82, 2.24) is 9.62 Å². The van der Waals surface area contributed by atoms with Crippen molar-refractivity contribution in [2.24, 2.45) is 5.92 Å². The number of anilines is 1. The molecule has 27 heavy (non-hydrogen) atoms. The van der Waals surface area contributed by atoms with E-state index in [0.717, 1.165) is 50.9 Å². The number of hydrogen-bond donors (Lipinski definition) is 2. The van der Waals surface area contributed by atoms with E-state index in [0.29, 0.717) is 18.8 Å². The second-order valence-electron chi connectivity index (χ2n) is 7.87. The average Bonchev–Trinajstić information content (AvgIpc) is 2.69. The van der Waals surface area contributed by atoms with Gasteiger partial charge in [-0.25, -0.2) is 8.42 Å². The van der Waals surface area contributed by atoms with Crippen molar-refractivity contribution >= 4 is 21.6 Å². The van der Waals surface area contributed by atoms with Crippen molar-refractivity contribution in [2.75, 3.05) is 25.0 Å². The third-order valence-corrected chi connectivity index (χ3v) is 7.52. The molecule has 1 saturated carbocycles. The number of benzene rings is 1. The lowest BCUT2D eigenvalue weighted by Crippen LogP contribution is -2.40. The first-order valence-corrected chi connectivity index (χ1v) is 11.5. The lowest BCUT2D eigenvalue weighted by Gasteiger charge is -2.27. The number of rotatable bonds is 6. The van der Waals surface area contributed by atoms with E-state index in [2.05, 4.69) is 17.6 Å². The number of sulfonamides is 1. The van der Waals surface area contributed by atoms with Gasteiger partial charge < -0.3 is 10.6 Å². The predicted octanol–water partition coefficient (Wildman–Crippen LogP) is 2.97. The molecule has 0 bridgehead atoms. The average molecular weight is 394 g/mol. The monoisotopic (exact) mass is 393 g/mol. The third kappa shape index (κ3) is 5.45. The van der Waals surface area contributed by atoms with Crippen molar-refractivity contribution in [1.29, 1.82) is 0 Å². The van der Waals surface area contributed by atoms with Crippen LogP contribution in [0.2, 0.25) is 0 Å². The van der Waals surface area contributed by atoms with Gasteiger partial charge in [-0.15, -0.1) is 0 Å². The fourth-order valence-corrected chi connectivity index (χ4v) is 5.45. The minimum absolute atomic E-state index is 0.0427. The van der Waals surface area contributed by atoms with E-state index >= 15 is 0 Å². The van der Waals surface area contributed by atoms with Gasteiger partial charge in [0.2, 0.25) is 15.9 Å². The summed E-state index contributed by atoms with van der Waals surface area (Å²) in [5, 5.41) is 6.14. The van der Waals surface area contributed by atoms with Crippen LogP contribution in [-0.4, -0.2) is 44.3 Å². The van der Waals surface area contributed by atoms with Gasteiger partial charge in [0.05, 0.1) is 11.4 Å². The van der Waals surface area contributed by atoms with Crippen LogP contribution in [0.5, 0.6) is 0 Å². The second-order valence-corrected chi connectivity index (χ2v) is 9.81. The number of amides is 1. The van der Waals surface area contributed by atoms with Crippen LogP contribution >= 0.6 is 0 Å². The standard InChI is InChI=1S/C20H31N3O3S/c1-16-8-10-17(11-9-16)22-20(24)15-21-18-6-5-7-19(14-18)27(25,26)23-12-3-2-4-13-23/h5-7,14,16-17,21H,2-4,8-13,15H2,1H3,(H,22,24). The molecule has 0 spiro atoms. The largest absolute Gasteiger partial charge is 0.376 e. The highest BCUT2D eigenvalue weighted by atomic mass is 32.2. The van der Waals surface area contributed by atoms with Crippen molar-refractivity contribution in [3.05, 3.63) is 24.3 Å². The first-order valence-electron chi connectivity index (χ1n) is 10.1. The molecule has 1 aromatic rings. The Morgan fingerprint density at radius 2 is 1.81 bits per heavy atom. The molecule has 1 saturated heterocycles. The van der Waals surface area contributed by atoms with Gasteiger partial charge >= 0.3 is 0 Å². The van der Waals surface area contributed by atoms with E-state index in [1.165, 1.54) is 0 Å². The lowest BCUT2D eigenvalue weighted by molar-refractivity contribution is -0.120. The Hall–Kier alpha value is -1.60. The van der Waals surface area contributed by atoms with Gasteiger partial charge in [-0.1, -0.05) is 19.4 Å². The number of nitrogens with one attached hydrogen (secondary N) is 2. The predicted molar refractivity (Wildman–Crippen MR) is 107 cm³/mol. The van der Waals surface area contributed by atoms with Crippen molar-refractivity contribution < 1.29 is 13.2 Å². The van der Waals surface area contributed by atoms with Crippen molar-refractivity contribution in [3.63, 3.8) is 0 Å². The molecule has 7 heteroatoms. The second kappa shape index (κ2) is 9.06. The molecule has 1 aliphatic heterocycles. The summed E-state index contributed by atoms with van der Waals surface area (Å²) in [5.41, 5.74) is 0.653. The SMILES string of the molecule is CC1CCC(NC(=O)CNc2cccc(S(=O)(=O)N3CCCCC3)c2)CC1. The van der Waals surface area contributed by atoms with E-state index < -0.39 is 10.0 Å². The van der Waals surface area contributed by atoms with Gasteiger partial charge in [-0.2, -0.15) is 4.31 Å². The Morgan fingerprint density at radius 1 is 1.11 bits per heavy atom. The van der Waals surface area contributed by atoms with Crippen LogP contribution in [0.4, 0.5) is 5.69 Å². The van der Waals surface area contributed by atoms with E-state index in [9.17, 15) is 13.2 Å². The zero-order chi connectivity index (χ0) is 19.3. The van der Waals surface area contributed by atoms with Crippen LogP contribution in [0, 0.1) is 5.92 Å². The molecule has 2 aliphatic rings. The topological polar surface area (TPSA) is 78.5 Å². The Morgan fingerprint density at radius 3 is 2.52 bits per heavy atom. The van der Waals surface area contributed by atoms with Gasteiger partial charge in [0.1, 0.15) is 0 Å². The molecular formula is C20H31N3O3S. The molecule has 6 nitrogen and oxygen atoms in total. The Balaban J connectivity index is 1.55. The summed E-state index contributed by atoms with van der Waals surface area (Å²) >= 11 is 0. The lowest BCUT2D eigenvalue weighted by atomic mass is 9.87. The highest BCUT2D eigenvalue weighted by Gasteiger charge is 2.26. The van der Waals surface area contributed by atoms with Gasteiger partial charge in [-0.3, -0.25) is 4.79 Å². The molecule has 1 amide bonds. The summed E-state index contributed by atoms with van der Waals surface area (Å²) < 4.78 is 27.1. The normalized spacial score (nSPS) is 24.3. The maximum absolute atomic E-state index is 12.8. The molecule has 2 N–H and O–H groups in total. The first-order chi connectivity index (χ1) is 12.9. The van der Waals surface area contributed by atoms with E-state index in [1.807, 2.05) is 0 Å². The molecule has 150 valence electrons. The number of carbonyl (C=O) groups is 1. The molecule has 1 heterocycles. The van der Waals surface area contributed by atoms with Crippen LogP contribution in [0.3, 0.4) is 0 Å². The van der Waals surface area contributed by atoms with Gasteiger partial charge in [-0.05, 0) is 62.6 Å². The summed E-state index contributed by atoms with van der Waals surface area (Å²) in [6.07, 6.45) is 7.31. The van der Waals surface area contributed by atoms with Crippen LogP contribution in [0.25, 0.3) is 0 Å². The summed E-state index contributed by atoms with van der Waals surface area (Å²) in [5.74, 6) is 0.708. The number of carbonyl (C=O) groups excluding carboxylic acids is 1. The molecular weight excluding hydrogens is 362 g/mol. The Labute approximate surface area is 162 Å². The fourth-order valence-electron chi connectivity index (χ4n) is 3.89. The summed E-state index contributed by atoms with van der Waals surface area (Å²) in [4.78, 5) is 12.5. The molecule has 0 radical (unpaired) electrons. The molecule has 1 aromatic carbocycles. The highest BCUT2D eigenvalue weighted by molar-refractivity contribution is 7.89. The summed E-state index contributed by atoms with van der Waals surface area (Å²) in [6, 6.07) is 7.03. The van der Waals surface area contributed by atoms with E-state index in [-0.39, 0.29) is 23.4 Å². The summed E-state index contributed by atoms with van der Waals surface area (Å²) in [6.45, 7) is 3.58. The van der Waals surface area contributed by atoms with Gasteiger partial charge in [0.25, 0.3) is 0 Å². The Kier molecular flexibility index (Phi) is 6.76. The van der Waals surface area contributed by atoms with E-state index in [1.54, 1.807) is 28.6 Å². The number of piperidine rings is 1. The van der Waals surface area contributed by atoms with Gasteiger partial charge in [0.15, 0.2) is 0 Å². The minimum atomic E-state index is -3.46. The zero-order valence-corrected chi connectivity index (χ0v) is 16.9. The van der Waals surface area contributed by atoms with Gasteiger partial charge in [0, 0.05) is 24.8 Å². The Bertz CT molecular complexity index is 737. The molecule has 3 rings (SSSR count).